The molecule has 0 heterocycles. The van der Waals surface area contributed by atoms with Gasteiger partial charge in [0.15, 0.2) is 15.6 Å². The molecule has 0 fully saturated rings. The van der Waals surface area contributed by atoms with Crippen LogP contribution < -0.4 is 0 Å². The number of carboxylic acids is 1. The molecule has 0 aliphatic carbocycles. The van der Waals surface area contributed by atoms with Crippen molar-refractivity contribution in [2.45, 2.75) is 11.8 Å². The first-order valence-corrected chi connectivity index (χ1v) is 5.58. The molecule has 1 N–H and O–H groups in total. The van der Waals surface area contributed by atoms with Gasteiger partial charge in [0.25, 0.3) is 0 Å². The fourth-order valence-electron chi connectivity index (χ4n) is 0.991. The molecular weight excluding hydrogens is 243 g/mol. The number of aliphatic carboxylic acids is 1. The van der Waals surface area contributed by atoms with Crippen LogP contribution in [0.25, 0.3) is 0 Å². The maximum absolute atomic E-state index is 11.4. The summed E-state index contributed by atoms with van der Waals surface area (Å²) in [5.74, 6) is -2.21. The van der Waals surface area contributed by atoms with Crippen molar-refractivity contribution in [1.82, 2.24) is 0 Å². The summed E-state index contributed by atoms with van der Waals surface area (Å²) in [4.78, 5) is 10.3. The Morgan fingerprint density at radius 2 is 1.73 bits per heavy atom. The molecule has 15 heavy (non-hydrogen) atoms. The van der Waals surface area contributed by atoms with Crippen LogP contribution in [0, 0.1) is 6.92 Å². The van der Waals surface area contributed by atoms with E-state index in [9.17, 15) is 13.2 Å². The molecule has 1 aromatic carbocycles. The number of benzene rings is 1. The molecule has 1 rings (SSSR count). The second kappa shape index (κ2) is 6.12. The molecule has 0 aliphatic heterocycles. The minimum absolute atomic E-state index is 0. The fourth-order valence-corrected chi connectivity index (χ4v) is 2.03. The van der Waals surface area contributed by atoms with Crippen LogP contribution in [0.15, 0.2) is 29.2 Å². The van der Waals surface area contributed by atoms with Gasteiger partial charge < -0.3 is 5.11 Å². The number of hydrogen-bond acceptors (Lipinski definition) is 3. The van der Waals surface area contributed by atoms with Crippen LogP contribution in [-0.4, -0.2) is 76.6 Å². The predicted octanol–water partition coefficient (Wildman–Crippen LogP) is 0.205. The molecule has 0 aromatic heterocycles. The SMILES string of the molecule is Cc1ccc(S(=O)(=O)CC(=O)O)cc1.[KH]. The van der Waals surface area contributed by atoms with Gasteiger partial charge >= 0.3 is 57.4 Å². The zero-order chi connectivity index (χ0) is 10.8. The summed E-state index contributed by atoms with van der Waals surface area (Å²) in [5.41, 5.74) is 0.930. The van der Waals surface area contributed by atoms with Crippen molar-refractivity contribution in [3.8, 4) is 0 Å². The van der Waals surface area contributed by atoms with Crippen LogP contribution in [0.1, 0.15) is 5.56 Å². The van der Waals surface area contributed by atoms with Gasteiger partial charge in [0.05, 0.1) is 4.90 Å². The molecule has 0 spiro atoms. The van der Waals surface area contributed by atoms with Crippen LogP contribution >= 0.6 is 0 Å². The summed E-state index contributed by atoms with van der Waals surface area (Å²) in [5, 5.41) is 8.39. The summed E-state index contributed by atoms with van der Waals surface area (Å²) in [6.45, 7) is 1.83. The average molecular weight is 254 g/mol. The summed E-state index contributed by atoms with van der Waals surface area (Å²) in [6.07, 6.45) is 0. The van der Waals surface area contributed by atoms with E-state index in [1.807, 2.05) is 6.92 Å². The molecule has 78 valence electrons. The van der Waals surface area contributed by atoms with E-state index in [0.29, 0.717) is 0 Å². The summed E-state index contributed by atoms with van der Waals surface area (Å²) in [6, 6.07) is 6.09. The van der Waals surface area contributed by atoms with Crippen molar-refractivity contribution in [3.05, 3.63) is 29.8 Å². The second-order valence-corrected chi connectivity index (χ2v) is 4.96. The maximum atomic E-state index is 11.4. The van der Waals surface area contributed by atoms with Gasteiger partial charge in [0, 0.05) is 0 Å². The van der Waals surface area contributed by atoms with Crippen molar-refractivity contribution >= 4 is 67.2 Å². The topological polar surface area (TPSA) is 71.4 Å². The molecule has 1 aromatic rings. The number of aryl methyl sites for hydroxylation is 1. The molecule has 6 heteroatoms. The number of carbonyl (C=O) groups is 1. The Labute approximate surface area is 131 Å². The Morgan fingerprint density at radius 3 is 2.13 bits per heavy atom. The van der Waals surface area contributed by atoms with E-state index in [4.69, 9.17) is 5.11 Å². The molecule has 0 atom stereocenters. The molecule has 0 unspecified atom stereocenters. The van der Waals surface area contributed by atoms with Crippen LogP contribution in [-0.2, 0) is 14.6 Å². The molecule has 0 bridgehead atoms. The van der Waals surface area contributed by atoms with E-state index >= 15 is 0 Å². The van der Waals surface area contributed by atoms with Crippen LogP contribution in [0.5, 0.6) is 0 Å². The summed E-state index contributed by atoms with van der Waals surface area (Å²) >= 11 is 0. The van der Waals surface area contributed by atoms with Gasteiger partial charge in [-0.3, -0.25) is 4.79 Å². The van der Waals surface area contributed by atoms with Gasteiger partial charge in [0.2, 0.25) is 0 Å². The van der Waals surface area contributed by atoms with Gasteiger partial charge in [-0.2, -0.15) is 0 Å². The molecule has 0 aliphatic rings. The van der Waals surface area contributed by atoms with E-state index in [2.05, 4.69) is 0 Å². The van der Waals surface area contributed by atoms with E-state index in [0.717, 1.165) is 5.56 Å². The van der Waals surface area contributed by atoms with Crippen LogP contribution in [0.3, 0.4) is 0 Å². The number of carboxylic acid groups (broad SMARTS) is 1. The van der Waals surface area contributed by atoms with Crippen LogP contribution in [0.2, 0.25) is 0 Å². The minimum atomic E-state index is -3.68. The Kier molecular flexibility index (Phi) is 6.23. The third kappa shape index (κ3) is 4.75. The Morgan fingerprint density at radius 1 is 1.27 bits per heavy atom. The Bertz CT molecular complexity index is 436. The monoisotopic (exact) mass is 254 g/mol. The third-order valence-corrected chi connectivity index (χ3v) is 3.31. The second-order valence-electron chi connectivity index (χ2n) is 2.97. The van der Waals surface area contributed by atoms with Crippen LogP contribution in [0.4, 0.5) is 0 Å². The first kappa shape index (κ1) is 15.3. The zero-order valence-corrected chi connectivity index (χ0v) is 8.41. The van der Waals surface area contributed by atoms with Crippen molar-refractivity contribution in [3.63, 3.8) is 0 Å². The normalized spacial score (nSPS) is 10.5. The first-order valence-electron chi connectivity index (χ1n) is 3.93. The van der Waals surface area contributed by atoms with Gasteiger partial charge in [0.1, 0.15) is 0 Å². The van der Waals surface area contributed by atoms with Gasteiger partial charge in [-0.15, -0.1) is 0 Å². The van der Waals surface area contributed by atoms with Gasteiger partial charge in [-0.25, -0.2) is 8.42 Å². The quantitative estimate of drug-likeness (QED) is 0.782. The fraction of sp³-hybridized carbons (Fsp3) is 0.222. The van der Waals surface area contributed by atoms with Gasteiger partial charge in [-0.1, -0.05) is 17.7 Å². The third-order valence-electron chi connectivity index (χ3n) is 1.69. The van der Waals surface area contributed by atoms with E-state index < -0.39 is 21.6 Å². The van der Waals surface area contributed by atoms with Crippen molar-refractivity contribution in [1.29, 1.82) is 0 Å². The molecule has 0 saturated heterocycles. The molecule has 0 saturated carbocycles. The van der Waals surface area contributed by atoms with Crippen molar-refractivity contribution < 1.29 is 18.3 Å². The van der Waals surface area contributed by atoms with Crippen molar-refractivity contribution in [2.75, 3.05) is 5.75 Å². The molecule has 4 nitrogen and oxygen atoms in total. The molecular formula is C9H11KO4S. The number of sulfone groups is 1. The van der Waals surface area contributed by atoms with Gasteiger partial charge in [-0.05, 0) is 19.1 Å². The molecule has 0 amide bonds. The standard InChI is InChI=1S/C9H10O4S.K.H/c1-7-2-4-8(5-3-7)14(12,13)6-9(10)11;;/h2-5H,6H2,1H3,(H,10,11);;. The van der Waals surface area contributed by atoms with Crippen molar-refractivity contribution in [2.24, 2.45) is 0 Å². The van der Waals surface area contributed by atoms with E-state index in [-0.39, 0.29) is 56.3 Å². The number of hydrogen-bond donors (Lipinski definition) is 1. The first-order chi connectivity index (χ1) is 6.42. The average Bonchev–Trinajstić information content (AvgIpc) is 2.02. The summed E-state index contributed by atoms with van der Waals surface area (Å²) in [7, 11) is -3.68. The number of rotatable bonds is 3. The summed E-state index contributed by atoms with van der Waals surface area (Å²) < 4.78 is 22.7. The predicted molar refractivity (Wildman–Crippen MR) is 58.0 cm³/mol. The Hall–Kier alpha value is 0.276. The van der Waals surface area contributed by atoms with E-state index in [1.165, 1.54) is 12.1 Å². The zero-order valence-electron chi connectivity index (χ0n) is 7.60. The van der Waals surface area contributed by atoms with E-state index in [1.54, 1.807) is 12.1 Å². The Balaban J connectivity index is 0.00000196. The molecule has 0 radical (unpaired) electrons.